The molecular weight excluding hydrogens is 270 g/mol. The van der Waals surface area contributed by atoms with E-state index in [1.165, 1.54) is 12.1 Å². The van der Waals surface area contributed by atoms with Crippen LogP contribution in [0.4, 0.5) is 0 Å². The van der Waals surface area contributed by atoms with Gasteiger partial charge in [0, 0.05) is 6.54 Å². The highest BCUT2D eigenvalue weighted by atomic mass is 16.3. The summed E-state index contributed by atoms with van der Waals surface area (Å²) in [5.74, 6) is -0.281. The molecule has 1 amide bonds. The fraction of sp³-hybridized carbons (Fsp3) is 0.333. The molecule has 0 aliphatic rings. The third kappa shape index (κ3) is 4.52. The molecule has 6 nitrogen and oxygen atoms in total. The number of phenols is 2. The molecule has 2 rings (SSSR count). The van der Waals surface area contributed by atoms with Crippen LogP contribution < -0.4 is 9.88 Å². The van der Waals surface area contributed by atoms with E-state index in [4.69, 9.17) is 0 Å². The first-order valence-corrected chi connectivity index (χ1v) is 6.83. The van der Waals surface area contributed by atoms with Crippen LogP contribution in [0.25, 0.3) is 0 Å². The lowest BCUT2D eigenvalue weighted by molar-refractivity contribution is -0.671. The van der Waals surface area contributed by atoms with E-state index in [0.29, 0.717) is 25.9 Å². The van der Waals surface area contributed by atoms with E-state index in [9.17, 15) is 15.0 Å². The maximum absolute atomic E-state index is 11.7. The fourth-order valence-corrected chi connectivity index (χ4v) is 2.02. The Morgan fingerprint density at radius 3 is 2.81 bits per heavy atom. The Bertz CT molecular complexity index is 622. The summed E-state index contributed by atoms with van der Waals surface area (Å²) < 4.78 is 3.88. The average Bonchev–Trinajstić information content (AvgIpc) is 2.86. The lowest BCUT2D eigenvalue weighted by atomic mass is 10.1. The molecular formula is C15H20N3O3+. The SMILES string of the molecule is C[n+]1ccn(CCC(=O)NCCc2ccc(O)c(O)c2)c1. The van der Waals surface area contributed by atoms with Gasteiger partial charge < -0.3 is 15.5 Å². The number of amides is 1. The number of rotatable bonds is 6. The monoisotopic (exact) mass is 290 g/mol. The van der Waals surface area contributed by atoms with E-state index in [1.54, 1.807) is 6.07 Å². The molecule has 1 aromatic heterocycles. The van der Waals surface area contributed by atoms with Crippen LogP contribution in [0.5, 0.6) is 11.5 Å². The van der Waals surface area contributed by atoms with Gasteiger partial charge >= 0.3 is 0 Å². The number of carbonyl (C=O) groups excluding carboxylic acids is 1. The molecule has 2 aromatic rings. The predicted octanol–water partition coefficient (Wildman–Crippen LogP) is 0.473. The molecule has 0 saturated carbocycles. The Balaban J connectivity index is 1.70. The molecule has 112 valence electrons. The predicted molar refractivity (Wildman–Crippen MR) is 76.7 cm³/mol. The third-order valence-corrected chi connectivity index (χ3v) is 3.20. The van der Waals surface area contributed by atoms with E-state index >= 15 is 0 Å². The number of benzene rings is 1. The van der Waals surface area contributed by atoms with Gasteiger partial charge in [-0.25, -0.2) is 9.13 Å². The van der Waals surface area contributed by atoms with Crippen molar-refractivity contribution in [2.24, 2.45) is 7.05 Å². The minimum Gasteiger partial charge on any atom is -0.504 e. The van der Waals surface area contributed by atoms with E-state index in [2.05, 4.69) is 5.32 Å². The molecule has 0 radical (unpaired) electrons. The molecule has 0 unspecified atom stereocenters. The first-order chi connectivity index (χ1) is 10.0. The number of hydrogen-bond acceptors (Lipinski definition) is 3. The van der Waals surface area contributed by atoms with Gasteiger partial charge in [0.05, 0.1) is 20.0 Å². The Hall–Kier alpha value is -2.50. The normalized spacial score (nSPS) is 10.5. The lowest BCUT2D eigenvalue weighted by Gasteiger charge is -2.06. The fourth-order valence-electron chi connectivity index (χ4n) is 2.02. The molecule has 0 fully saturated rings. The number of nitrogens with zero attached hydrogens (tertiary/aromatic N) is 2. The van der Waals surface area contributed by atoms with Crippen molar-refractivity contribution in [2.75, 3.05) is 6.54 Å². The summed E-state index contributed by atoms with van der Waals surface area (Å²) in [6.07, 6.45) is 6.81. The minimum absolute atomic E-state index is 0.00523. The molecule has 0 aliphatic heterocycles. The zero-order valence-corrected chi connectivity index (χ0v) is 12.0. The van der Waals surface area contributed by atoms with Crippen LogP contribution >= 0.6 is 0 Å². The van der Waals surface area contributed by atoms with Gasteiger partial charge in [0.15, 0.2) is 11.5 Å². The van der Waals surface area contributed by atoms with Gasteiger partial charge in [0.25, 0.3) is 0 Å². The number of phenolic OH excluding ortho intramolecular Hbond substituents is 2. The van der Waals surface area contributed by atoms with Crippen molar-refractivity contribution in [3.63, 3.8) is 0 Å². The Kier molecular flexibility index (Phi) is 4.81. The minimum atomic E-state index is -0.140. The highest BCUT2D eigenvalue weighted by Crippen LogP contribution is 2.24. The molecule has 3 N–H and O–H groups in total. The van der Waals surface area contributed by atoms with Crippen molar-refractivity contribution in [2.45, 2.75) is 19.4 Å². The van der Waals surface area contributed by atoms with Crippen LogP contribution in [0.3, 0.4) is 0 Å². The van der Waals surface area contributed by atoms with E-state index in [0.717, 1.165) is 5.56 Å². The topological polar surface area (TPSA) is 78.4 Å². The number of aromatic hydroxyl groups is 2. The zero-order valence-electron chi connectivity index (χ0n) is 12.0. The second-order valence-corrected chi connectivity index (χ2v) is 4.99. The summed E-state index contributed by atoms with van der Waals surface area (Å²) in [5, 5.41) is 21.4. The van der Waals surface area contributed by atoms with Gasteiger partial charge in [-0.1, -0.05) is 6.07 Å². The van der Waals surface area contributed by atoms with Gasteiger partial charge in [-0.15, -0.1) is 0 Å². The van der Waals surface area contributed by atoms with Crippen LogP contribution in [0.2, 0.25) is 0 Å². The van der Waals surface area contributed by atoms with Crippen LogP contribution in [0.1, 0.15) is 12.0 Å². The third-order valence-electron chi connectivity index (χ3n) is 3.20. The number of hydrogen-bond donors (Lipinski definition) is 3. The summed E-state index contributed by atoms with van der Waals surface area (Å²) in [6.45, 7) is 1.15. The van der Waals surface area contributed by atoms with Crippen molar-refractivity contribution in [1.29, 1.82) is 0 Å². The lowest BCUT2D eigenvalue weighted by Crippen LogP contribution is -2.27. The Labute approximate surface area is 123 Å². The average molecular weight is 290 g/mol. The molecule has 0 aliphatic carbocycles. The summed E-state index contributed by atoms with van der Waals surface area (Å²) in [7, 11) is 1.93. The smallest absolute Gasteiger partial charge is 0.243 e. The van der Waals surface area contributed by atoms with Crippen molar-refractivity contribution >= 4 is 5.91 Å². The van der Waals surface area contributed by atoms with Crippen LogP contribution in [-0.2, 0) is 24.8 Å². The number of nitrogens with one attached hydrogen (secondary N) is 1. The second kappa shape index (κ2) is 6.78. The summed E-state index contributed by atoms with van der Waals surface area (Å²) in [5.41, 5.74) is 0.864. The number of carbonyl (C=O) groups is 1. The van der Waals surface area contributed by atoms with Gasteiger partial charge in [0.2, 0.25) is 12.2 Å². The van der Waals surface area contributed by atoms with Crippen molar-refractivity contribution in [3.8, 4) is 11.5 Å². The van der Waals surface area contributed by atoms with Gasteiger partial charge in [-0.05, 0) is 24.1 Å². The van der Waals surface area contributed by atoms with E-state index < -0.39 is 0 Å². The maximum Gasteiger partial charge on any atom is 0.243 e. The highest BCUT2D eigenvalue weighted by Gasteiger charge is 2.06. The maximum atomic E-state index is 11.7. The number of aromatic nitrogens is 2. The first kappa shape index (κ1) is 14.9. The molecule has 1 heterocycles. The van der Waals surface area contributed by atoms with Crippen LogP contribution in [0.15, 0.2) is 36.9 Å². The number of aryl methyl sites for hydroxylation is 2. The first-order valence-electron chi connectivity index (χ1n) is 6.83. The standard InChI is InChI=1S/C15H19N3O3/c1-17-8-9-18(11-17)7-5-15(21)16-6-4-12-2-3-13(19)14(20)10-12/h2-3,8-11H,4-7H2,1H3,(H2-,16,19,20,21)/p+1. The number of imidazole rings is 1. The highest BCUT2D eigenvalue weighted by molar-refractivity contribution is 5.75. The molecule has 6 heteroatoms. The van der Waals surface area contributed by atoms with Gasteiger partial charge in [-0.3, -0.25) is 4.79 Å². The van der Waals surface area contributed by atoms with Crippen LogP contribution in [-0.4, -0.2) is 27.2 Å². The molecule has 0 saturated heterocycles. The summed E-state index contributed by atoms with van der Waals surface area (Å²) in [6, 6.07) is 4.67. The Morgan fingerprint density at radius 1 is 1.33 bits per heavy atom. The molecule has 21 heavy (non-hydrogen) atoms. The zero-order chi connectivity index (χ0) is 15.2. The summed E-state index contributed by atoms with van der Waals surface area (Å²) in [4.78, 5) is 11.7. The largest absolute Gasteiger partial charge is 0.504 e. The van der Waals surface area contributed by atoms with Crippen molar-refractivity contribution in [1.82, 2.24) is 9.88 Å². The molecule has 0 bridgehead atoms. The quantitative estimate of drug-likeness (QED) is 0.534. The molecule has 0 atom stereocenters. The van der Waals surface area contributed by atoms with Crippen LogP contribution in [0, 0.1) is 0 Å². The second-order valence-electron chi connectivity index (χ2n) is 4.99. The van der Waals surface area contributed by atoms with Gasteiger partial charge in [0.1, 0.15) is 12.4 Å². The van der Waals surface area contributed by atoms with E-state index in [-0.39, 0.29) is 17.4 Å². The van der Waals surface area contributed by atoms with Crippen molar-refractivity contribution in [3.05, 3.63) is 42.5 Å². The summed E-state index contributed by atoms with van der Waals surface area (Å²) >= 11 is 0. The Morgan fingerprint density at radius 2 is 2.14 bits per heavy atom. The van der Waals surface area contributed by atoms with Gasteiger partial charge in [-0.2, -0.15) is 0 Å². The van der Waals surface area contributed by atoms with E-state index in [1.807, 2.05) is 34.9 Å². The molecule has 0 spiro atoms. The van der Waals surface area contributed by atoms with Crippen molar-refractivity contribution < 1.29 is 19.6 Å². The molecule has 1 aromatic carbocycles.